The Hall–Kier alpha value is -3.49. The van der Waals surface area contributed by atoms with Crippen molar-refractivity contribution in [2.75, 3.05) is 13.7 Å². The predicted molar refractivity (Wildman–Crippen MR) is 114 cm³/mol. The van der Waals surface area contributed by atoms with E-state index in [1.54, 1.807) is 19.9 Å². The van der Waals surface area contributed by atoms with Crippen LogP contribution in [0.25, 0.3) is 0 Å². The van der Waals surface area contributed by atoms with E-state index in [4.69, 9.17) is 9.47 Å². The number of ketones is 1. The van der Waals surface area contributed by atoms with Gasteiger partial charge in [0, 0.05) is 28.6 Å². The van der Waals surface area contributed by atoms with Crippen LogP contribution in [0.1, 0.15) is 45.1 Å². The third-order valence-electron chi connectivity index (χ3n) is 5.84. The first-order valence-corrected chi connectivity index (χ1v) is 10.5. The summed E-state index contributed by atoms with van der Waals surface area (Å²) in [5.74, 6) is -4.27. The van der Waals surface area contributed by atoms with E-state index in [2.05, 4.69) is 5.32 Å². The summed E-state index contributed by atoms with van der Waals surface area (Å²) in [6.45, 7) is 5.46. The Morgan fingerprint density at radius 1 is 1.28 bits per heavy atom. The Morgan fingerprint density at radius 2 is 1.97 bits per heavy atom. The summed E-state index contributed by atoms with van der Waals surface area (Å²) in [4.78, 5) is 50.3. The average molecular weight is 442 g/mol. The molecule has 3 rings (SSSR count). The molecule has 0 spiro atoms. The number of ether oxygens (including phenoxy) is 2. The molecule has 2 aliphatic rings. The molecule has 0 aromatic heterocycles. The summed E-state index contributed by atoms with van der Waals surface area (Å²) < 4.78 is 10.2. The molecule has 0 fully saturated rings. The second-order valence-corrected chi connectivity index (χ2v) is 7.99. The Labute approximate surface area is 185 Å². The minimum absolute atomic E-state index is 0.123. The molecule has 1 aliphatic carbocycles. The van der Waals surface area contributed by atoms with Gasteiger partial charge < -0.3 is 14.8 Å². The normalized spacial score (nSPS) is 22.8. The summed E-state index contributed by atoms with van der Waals surface area (Å²) in [6, 6.07) is 5.99. The van der Waals surface area contributed by atoms with E-state index in [1.807, 2.05) is 6.92 Å². The zero-order valence-corrected chi connectivity index (χ0v) is 18.5. The highest BCUT2D eigenvalue weighted by Crippen LogP contribution is 2.47. The van der Waals surface area contributed by atoms with E-state index < -0.39 is 34.5 Å². The quantitative estimate of drug-likeness (QED) is 0.308. The average Bonchev–Trinajstić information content (AvgIpc) is 2.76. The molecule has 32 heavy (non-hydrogen) atoms. The second-order valence-electron chi connectivity index (χ2n) is 7.99. The number of nitro groups is 1. The summed E-state index contributed by atoms with van der Waals surface area (Å²) in [5.41, 5.74) is 1.28. The fraction of sp³-hybridized carbons (Fsp3) is 0.435. The SMILES string of the molecule is CCCOC(=O)C1=C(C)NC2=C(C(=O)[C@@H](C(=O)OC)[C@H](C)C2)[C@H]1c1ccccc1[N+](=O)[O-]. The van der Waals surface area contributed by atoms with E-state index in [0.29, 0.717) is 24.2 Å². The van der Waals surface area contributed by atoms with Crippen molar-refractivity contribution in [3.63, 3.8) is 0 Å². The highest BCUT2D eigenvalue weighted by Gasteiger charge is 2.48. The molecule has 1 heterocycles. The standard InChI is InChI=1S/C23H26N2O7/c1-5-10-32-23(28)18-13(3)24-15-11-12(2)17(22(27)31-4)21(26)20(15)19(18)14-8-6-7-9-16(14)25(29)30/h6-9,12,17,19,24H,5,10-11H2,1-4H3/t12-,17+,19+/m1/s1. The Morgan fingerprint density at radius 3 is 2.59 bits per heavy atom. The molecule has 9 nitrogen and oxygen atoms in total. The van der Waals surface area contributed by atoms with Gasteiger partial charge in [-0.25, -0.2) is 4.79 Å². The minimum atomic E-state index is -1.06. The molecule has 1 aromatic carbocycles. The summed E-state index contributed by atoms with van der Waals surface area (Å²) >= 11 is 0. The second kappa shape index (κ2) is 9.33. The number of carbonyl (C=O) groups excluding carboxylic acids is 3. The molecular weight excluding hydrogens is 416 g/mol. The van der Waals surface area contributed by atoms with Crippen molar-refractivity contribution in [3.8, 4) is 0 Å². The van der Waals surface area contributed by atoms with Crippen LogP contribution >= 0.6 is 0 Å². The molecule has 0 saturated heterocycles. The Balaban J connectivity index is 2.24. The molecule has 0 saturated carbocycles. The Bertz CT molecular complexity index is 1040. The van der Waals surface area contributed by atoms with Gasteiger partial charge in [0.1, 0.15) is 5.92 Å². The summed E-state index contributed by atoms with van der Waals surface area (Å²) in [7, 11) is 1.21. The van der Waals surface area contributed by atoms with Gasteiger partial charge in [-0.15, -0.1) is 0 Å². The highest BCUT2D eigenvalue weighted by molar-refractivity contribution is 6.12. The maximum absolute atomic E-state index is 13.6. The number of rotatable bonds is 6. The maximum atomic E-state index is 13.6. The third kappa shape index (κ3) is 4.02. The lowest BCUT2D eigenvalue weighted by atomic mass is 9.69. The number of nitrogens with zero attached hydrogens (tertiary/aromatic N) is 1. The largest absolute Gasteiger partial charge is 0.468 e. The zero-order chi connectivity index (χ0) is 23.6. The number of nitrogens with one attached hydrogen (secondary N) is 1. The predicted octanol–water partition coefficient (Wildman–Crippen LogP) is 3.16. The lowest BCUT2D eigenvalue weighted by molar-refractivity contribution is -0.385. The van der Waals surface area contributed by atoms with Crippen molar-refractivity contribution in [1.82, 2.24) is 5.32 Å². The fourth-order valence-electron chi connectivity index (χ4n) is 4.43. The van der Waals surface area contributed by atoms with Gasteiger partial charge in [0.25, 0.3) is 5.69 Å². The summed E-state index contributed by atoms with van der Waals surface area (Å²) in [6.07, 6.45) is 0.947. The zero-order valence-electron chi connectivity index (χ0n) is 18.5. The van der Waals surface area contributed by atoms with Gasteiger partial charge in [-0.1, -0.05) is 32.0 Å². The van der Waals surface area contributed by atoms with Gasteiger partial charge in [-0.05, 0) is 25.7 Å². The molecule has 0 radical (unpaired) electrons. The molecule has 0 amide bonds. The molecule has 170 valence electrons. The number of methoxy groups -OCH3 is 1. The van der Waals surface area contributed by atoms with Crippen LogP contribution in [-0.2, 0) is 23.9 Å². The van der Waals surface area contributed by atoms with Crippen LogP contribution in [0.15, 0.2) is 46.8 Å². The Kier molecular flexibility index (Phi) is 6.76. The number of benzene rings is 1. The van der Waals surface area contributed by atoms with Crippen LogP contribution in [0.5, 0.6) is 0 Å². The first kappa shape index (κ1) is 23.2. The molecule has 1 N–H and O–H groups in total. The number of hydrogen-bond donors (Lipinski definition) is 1. The maximum Gasteiger partial charge on any atom is 0.336 e. The van der Waals surface area contributed by atoms with Crippen LogP contribution in [0.3, 0.4) is 0 Å². The lowest BCUT2D eigenvalue weighted by Gasteiger charge is -2.38. The van der Waals surface area contributed by atoms with Crippen LogP contribution in [0.2, 0.25) is 0 Å². The topological polar surface area (TPSA) is 125 Å². The van der Waals surface area contributed by atoms with Crippen molar-refractivity contribution >= 4 is 23.4 Å². The van der Waals surface area contributed by atoms with Crippen LogP contribution in [-0.4, -0.2) is 36.4 Å². The number of esters is 2. The van der Waals surface area contributed by atoms with Gasteiger partial charge in [0.15, 0.2) is 5.78 Å². The first-order chi connectivity index (χ1) is 15.2. The van der Waals surface area contributed by atoms with Crippen LogP contribution in [0.4, 0.5) is 5.69 Å². The number of Topliss-reactive ketones (excluding diaryl/α,β-unsaturated/α-hetero) is 1. The highest BCUT2D eigenvalue weighted by atomic mass is 16.6. The molecule has 1 aliphatic heterocycles. The molecular formula is C23H26N2O7. The van der Waals surface area contributed by atoms with E-state index in [0.717, 1.165) is 0 Å². The van der Waals surface area contributed by atoms with Crippen molar-refractivity contribution in [2.24, 2.45) is 11.8 Å². The third-order valence-corrected chi connectivity index (χ3v) is 5.84. The van der Waals surface area contributed by atoms with Gasteiger partial charge >= 0.3 is 11.9 Å². The van der Waals surface area contributed by atoms with Crippen molar-refractivity contribution in [1.29, 1.82) is 0 Å². The van der Waals surface area contributed by atoms with Gasteiger partial charge in [-0.2, -0.15) is 0 Å². The monoisotopic (exact) mass is 442 g/mol. The van der Waals surface area contributed by atoms with E-state index >= 15 is 0 Å². The molecule has 0 bridgehead atoms. The number of para-hydroxylation sites is 1. The number of dihydropyridines is 1. The number of carbonyl (C=O) groups is 3. The molecule has 9 heteroatoms. The lowest BCUT2D eigenvalue weighted by Crippen LogP contribution is -2.43. The van der Waals surface area contributed by atoms with Gasteiger partial charge in [-0.3, -0.25) is 19.7 Å². The van der Waals surface area contributed by atoms with Gasteiger partial charge in [0.2, 0.25) is 0 Å². The molecule has 0 unspecified atom stereocenters. The fourth-order valence-corrected chi connectivity index (χ4v) is 4.43. The van der Waals surface area contributed by atoms with Crippen molar-refractivity contribution in [3.05, 3.63) is 62.5 Å². The number of nitro benzene ring substituents is 1. The van der Waals surface area contributed by atoms with Crippen LogP contribution in [0, 0.1) is 22.0 Å². The first-order valence-electron chi connectivity index (χ1n) is 10.5. The summed E-state index contributed by atoms with van der Waals surface area (Å²) in [5, 5.41) is 14.9. The van der Waals surface area contributed by atoms with E-state index in [-0.39, 0.29) is 34.9 Å². The minimum Gasteiger partial charge on any atom is -0.468 e. The number of hydrogen-bond acceptors (Lipinski definition) is 8. The number of allylic oxidation sites excluding steroid dienone is 3. The van der Waals surface area contributed by atoms with E-state index in [1.165, 1.54) is 25.3 Å². The molecule has 1 aromatic rings. The molecule has 3 atom stereocenters. The smallest absolute Gasteiger partial charge is 0.336 e. The van der Waals surface area contributed by atoms with Gasteiger partial charge in [0.05, 0.1) is 30.1 Å². The van der Waals surface area contributed by atoms with Crippen molar-refractivity contribution < 1.29 is 28.8 Å². The van der Waals surface area contributed by atoms with Crippen LogP contribution < -0.4 is 5.32 Å². The van der Waals surface area contributed by atoms with E-state index in [9.17, 15) is 24.5 Å². The van der Waals surface area contributed by atoms with Crippen molar-refractivity contribution in [2.45, 2.75) is 39.5 Å².